The van der Waals surface area contributed by atoms with E-state index >= 15 is 0 Å². The predicted octanol–water partition coefficient (Wildman–Crippen LogP) is 12.2. The Balaban J connectivity index is 1.27. The second-order valence-corrected chi connectivity index (χ2v) is 16.1. The minimum absolute atomic E-state index is 0.0232. The largest absolute Gasteiger partial charge is 0.135 e. The Morgan fingerprint density at radius 2 is 1.13 bits per heavy atom. The lowest BCUT2D eigenvalue weighted by atomic mass is 9.69. The molecule has 0 fully saturated rings. The summed E-state index contributed by atoms with van der Waals surface area (Å²) >= 11 is 1.94. The van der Waals surface area contributed by atoms with E-state index in [1.54, 1.807) is 0 Å². The third-order valence-corrected chi connectivity index (χ3v) is 12.0. The molecule has 1 heteroatoms. The molecule has 7 aromatic rings. The number of thiophene rings is 1. The Labute approximate surface area is 276 Å². The lowest BCUT2D eigenvalue weighted by molar-refractivity contribution is 0.527. The molecule has 0 atom stereocenters. The summed E-state index contributed by atoms with van der Waals surface area (Å²) in [4.78, 5) is 0. The topological polar surface area (TPSA) is 0 Å². The van der Waals surface area contributed by atoms with Crippen molar-refractivity contribution in [1.82, 2.24) is 0 Å². The van der Waals surface area contributed by atoms with E-state index in [0.717, 1.165) is 6.42 Å². The molecule has 224 valence electrons. The zero-order valence-electron chi connectivity index (χ0n) is 27.2. The Morgan fingerprint density at radius 1 is 0.522 bits per heavy atom. The summed E-state index contributed by atoms with van der Waals surface area (Å²) in [6, 6.07) is 48.6. The molecule has 6 aromatic carbocycles. The summed E-state index contributed by atoms with van der Waals surface area (Å²) in [5.74, 6) is 0. The van der Waals surface area contributed by atoms with Crippen molar-refractivity contribution < 1.29 is 0 Å². The van der Waals surface area contributed by atoms with Gasteiger partial charge in [0, 0.05) is 20.2 Å². The van der Waals surface area contributed by atoms with Crippen LogP contribution in [0.25, 0.3) is 42.4 Å². The van der Waals surface area contributed by atoms with Crippen molar-refractivity contribution >= 4 is 31.5 Å². The molecule has 2 aliphatic carbocycles. The second-order valence-electron chi connectivity index (χ2n) is 15.0. The second kappa shape index (κ2) is 9.53. The average molecular weight is 611 g/mol. The molecule has 1 spiro atoms. The van der Waals surface area contributed by atoms with E-state index in [-0.39, 0.29) is 16.2 Å². The van der Waals surface area contributed by atoms with E-state index in [9.17, 15) is 0 Å². The highest BCUT2D eigenvalue weighted by molar-refractivity contribution is 7.26. The fourth-order valence-electron chi connectivity index (χ4n) is 8.86. The first kappa shape index (κ1) is 27.8. The van der Waals surface area contributed by atoms with Crippen LogP contribution in [0.1, 0.15) is 73.6 Å². The Kier molecular flexibility index (Phi) is 5.76. The summed E-state index contributed by atoms with van der Waals surface area (Å²) in [5.41, 5.74) is 15.1. The molecule has 0 unspecified atom stereocenters. The zero-order valence-corrected chi connectivity index (χ0v) is 28.1. The van der Waals surface area contributed by atoms with Crippen LogP contribution in [0.2, 0.25) is 0 Å². The van der Waals surface area contributed by atoms with Crippen LogP contribution in [0.5, 0.6) is 0 Å². The fraction of sp³-hybridized carbons (Fsp3) is 0.200. The summed E-state index contributed by atoms with van der Waals surface area (Å²) in [5, 5.41) is 2.74. The molecule has 0 N–H and O–H groups in total. The van der Waals surface area contributed by atoms with Crippen molar-refractivity contribution in [3.63, 3.8) is 0 Å². The van der Waals surface area contributed by atoms with E-state index < -0.39 is 0 Å². The van der Waals surface area contributed by atoms with Gasteiger partial charge in [0.15, 0.2) is 0 Å². The highest BCUT2D eigenvalue weighted by atomic mass is 32.1. The van der Waals surface area contributed by atoms with E-state index in [2.05, 4.69) is 162 Å². The van der Waals surface area contributed by atoms with E-state index in [4.69, 9.17) is 0 Å². The van der Waals surface area contributed by atoms with Gasteiger partial charge in [0.05, 0.1) is 5.41 Å². The Hall–Kier alpha value is -4.46. The van der Waals surface area contributed by atoms with Crippen LogP contribution in [0.15, 0.2) is 127 Å². The van der Waals surface area contributed by atoms with Gasteiger partial charge in [0.1, 0.15) is 0 Å². The molecular formula is C45H38S. The summed E-state index contributed by atoms with van der Waals surface area (Å²) in [7, 11) is 0. The van der Waals surface area contributed by atoms with E-state index in [1.165, 1.54) is 81.4 Å². The van der Waals surface area contributed by atoms with E-state index in [0.29, 0.717) is 0 Å². The van der Waals surface area contributed by atoms with E-state index in [1.807, 2.05) is 11.3 Å². The molecule has 0 aliphatic heterocycles. The monoisotopic (exact) mass is 610 g/mol. The van der Waals surface area contributed by atoms with Crippen molar-refractivity contribution in [3.8, 4) is 22.3 Å². The third-order valence-electron chi connectivity index (χ3n) is 10.8. The molecule has 46 heavy (non-hydrogen) atoms. The van der Waals surface area contributed by atoms with Crippen molar-refractivity contribution in [2.75, 3.05) is 0 Å². The first-order valence-corrected chi connectivity index (χ1v) is 17.4. The van der Waals surface area contributed by atoms with Crippen LogP contribution in [-0.4, -0.2) is 0 Å². The van der Waals surface area contributed by atoms with Crippen molar-refractivity contribution in [2.45, 2.75) is 57.3 Å². The highest BCUT2D eigenvalue weighted by Gasteiger charge is 2.52. The van der Waals surface area contributed by atoms with Crippen LogP contribution in [0.3, 0.4) is 0 Å². The van der Waals surface area contributed by atoms with Gasteiger partial charge in [-0.15, -0.1) is 11.3 Å². The maximum atomic E-state index is 2.58. The molecule has 2 aliphatic rings. The highest BCUT2D eigenvalue weighted by Crippen LogP contribution is 2.64. The number of fused-ring (bicyclic) bond motifs is 13. The zero-order chi connectivity index (χ0) is 31.4. The van der Waals surface area contributed by atoms with Gasteiger partial charge in [-0.3, -0.25) is 0 Å². The maximum absolute atomic E-state index is 2.58. The summed E-state index contributed by atoms with van der Waals surface area (Å²) in [6.45, 7) is 11.9. The number of benzene rings is 6. The van der Waals surface area contributed by atoms with Gasteiger partial charge >= 0.3 is 0 Å². The lowest BCUT2D eigenvalue weighted by Gasteiger charge is -2.32. The SMILES string of the molecule is CC(C)(C)c1cccc2c1-c1ccc(CC(C)(C)c3cccc4c3sc3ccccc34)cc1C21c2ccccc2-c2ccccc21. The van der Waals surface area contributed by atoms with Gasteiger partial charge in [0.25, 0.3) is 0 Å². The molecule has 0 saturated heterocycles. The van der Waals surface area contributed by atoms with Gasteiger partial charge in [-0.05, 0) is 84.5 Å². The normalized spacial score (nSPS) is 14.5. The van der Waals surface area contributed by atoms with Crippen molar-refractivity contribution in [2.24, 2.45) is 0 Å². The Morgan fingerprint density at radius 3 is 1.87 bits per heavy atom. The van der Waals surface area contributed by atoms with Crippen LogP contribution >= 0.6 is 11.3 Å². The first-order valence-electron chi connectivity index (χ1n) is 16.6. The molecule has 0 nitrogen and oxygen atoms in total. The standard InChI is InChI=1S/C45H38S/c1-43(2,3)36-20-13-21-37-41(36)33-25-24-28(26-39(33)45(37)34-18-9-6-14-29(34)30-15-7-10-19-35(30)45)27-44(4,5)38-22-12-17-32-31-16-8-11-23-40(31)46-42(32)38/h6-26H,27H2,1-5H3. The number of hydrogen-bond acceptors (Lipinski definition) is 1. The molecular weight excluding hydrogens is 573 g/mol. The van der Waals surface area contributed by atoms with Crippen molar-refractivity contribution in [3.05, 3.63) is 166 Å². The van der Waals surface area contributed by atoms with Gasteiger partial charge in [-0.25, -0.2) is 0 Å². The van der Waals surface area contributed by atoms with Crippen LogP contribution in [-0.2, 0) is 22.7 Å². The number of rotatable bonds is 3. The molecule has 1 heterocycles. The maximum Gasteiger partial charge on any atom is 0.0725 e. The Bertz CT molecular complexity index is 2310. The minimum atomic E-state index is -0.329. The molecule has 9 rings (SSSR count). The van der Waals surface area contributed by atoms with Gasteiger partial charge in [-0.1, -0.05) is 156 Å². The average Bonchev–Trinajstić information content (AvgIpc) is 3.68. The number of hydrogen-bond donors (Lipinski definition) is 0. The summed E-state index contributed by atoms with van der Waals surface area (Å²) in [6.07, 6.45) is 0.968. The fourth-order valence-corrected chi connectivity index (χ4v) is 10.3. The van der Waals surface area contributed by atoms with Crippen LogP contribution < -0.4 is 0 Å². The molecule has 0 bridgehead atoms. The molecule has 0 radical (unpaired) electrons. The van der Waals surface area contributed by atoms with Gasteiger partial charge < -0.3 is 0 Å². The minimum Gasteiger partial charge on any atom is -0.135 e. The van der Waals surface area contributed by atoms with Gasteiger partial charge in [0.2, 0.25) is 0 Å². The molecule has 0 amide bonds. The first-order chi connectivity index (χ1) is 22.2. The van der Waals surface area contributed by atoms with Crippen LogP contribution in [0.4, 0.5) is 0 Å². The quantitative estimate of drug-likeness (QED) is 0.187. The molecule has 1 aromatic heterocycles. The predicted molar refractivity (Wildman–Crippen MR) is 198 cm³/mol. The van der Waals surface area contributed by atoms with Gasteiger partial charge in [-0.2, -0.15) is 0 Å². The third kappa shape index (κ3) is 3.67. The smallest absolute Gasteiger partial charge is 0.0725 e. The summed E-state index contributed by atoms with van der Waals surface area (Å²) < 4.78 is 2.79. The lowest BCUT2D eigenvalue weighted by Crippen LogP contribution is -2.27. The van der Waals surface area contributed by atoms with Crippen LogP contribution in [0, 0.1) is 0 Å². The van der Waals surface area contributed by atoms with Crippen molar-refractivity contribution in [1.29, 1.82) is 0 Å². The molecule has 0 saturated carbocycles.